The highest BCUT2D eigenvalue weighted by Crippen LogP contribution is 2.32. The second-order valence-electron chi connectivity index (χ2n) is 4.48. The van der Waals surface area contributed by atoms with E-state index in [9.17, 15) is 4.79 Å². The van der Waals surface area contributed by atoms with Gasteiger partial charge in [0.25, 0.3) is 0 Å². The quantitative estimate of drug-likeness (QED) is 0.465. The van der Waals surface area contributed by atoms with Crippen LogP contribution in [0, 0.1) is 11.8 Å². The summed E-state index contributed by atoms with van der Waals surface area (Å²) >= 11 is 0. The predicted molar refractivity (Wildman–Crippen MR) is 60.2 cm³/mol. The summed E-state index contributed by atoms with van der Waals surface area (Å²) in [5.74, 6) is 1.52. The Bertz CT molecular complexity index is 195. The Morgan fingerprint density at radius 2 is 2.21 bits per heavy atom. The van der Waals surface area contributed by atoms with Crippen LogP contribution in [0.1, 0.15) is 51.9 Å². The summed E-state index contributed by atoms with van der Waals surface area (Å²) in [6.45, 7) is 5.81. The van der Waals surface area contributed by atoms with Crippen LogP contribution in [0.5, 0.6) is 0 Å². The van der Waals surface area contributed by atoms with Crippen LogP contribution in [-0.4, -0.2) is 5.78 Å². The Labute approximate surface area is 87.6 Å². The third-order valence-electron chi connectivity index (χ3n) is 3.46. The lowest BCUT2D eigenvalue weighted by Gasteiger charge is -2.13. The molecular formula is C13H22O. The molecule has 0 aromatic heterocycles. The topological polar surface area (TPSA) is 17.1 Å². The summed E-state index contributed by atoms with van der Waals surface area (Å²) < 4.78 is 0. The Morgan fingerprint density at radius 3 is 2.79 bits per heavy atom. The van der Waals surface area contributed by atoms with E-state index in [-0.39, 0.29) is 0 Å². The number of allylic oxidation sites excluding steroid dienone is 1. The Kier molecular flexibility index (Phi) is 4.92. The molecule has 0 radical (unpaired) electrons. The van der Waals surface area contributed by atoms with Crippen LogP contribution >= 0.6 is 0 Å². The molecule has 0 amide bonds. The number of hydrogen-bond donors (Lipinski definition) is 0. The molecule has 2 unspecified atom stereocenters. The molecule has 1 nitrogen and oxygen atoms in total. The van der Waals surface area contributed by atoms with Gasteiger partial charge in [0, 0.05) is 12.3 Å². The molecular weight excluding hydrogens is 172 g/mol. The normalized spacial score (nSPS) is 26.8. The number of hydrogen-bond acceptors (Lipinski definition) is 1. The van der Waals surface area contributed by atoms with Crippen molar-refractivity contribution in [3.8, 4) is 0 Å². The molecule has 0 bridgehead atoms. The van der Waals surface area contributed by atoms with Crippen molar-refractivity contribution in [1.82, 2.24) is 0 Å². The standard InChI is InChI=1S/C13H22O/c1-3-4-5-6-7-8-12-9-10-13(14)11(12)2/h3,11-12H,1,4-10H2,2H3. The van der Waals surface area contributed by atoms with Gasteiger partial charge in [0.1, 0.15) is 5.78 Å². The Balaban J connectivity index is 2.07. The number of rotatable bonds is 6. The average molecular weight is 194 g/mol. The molecule has 2 atom stereocenters. The summed E-state index contributed by atoms with van der Waals surface area (Å²) in [5, 5.41) is 0. The van der Waals surface area contributed by atoms with Crippen LogP contribution in [0.2, 0.25) is 0 Å². The number of Topliss-reactive ketones (excluding diaryl/α,β-unsaturated/α-hetero) is 1. The lowest BCUT2D eigenvalue weighted by atomic mass is 9.92. The van der Waals surface area contributed by atoms with Crippen LogP contribution < -0.4 is 0 Å². The molecule has 1 saturated carbocycles. The zero-order valence-electron chi connectivity index (χ0n) is 9.30. The number of ketones is 1. The zero-order valence-corrected chi connectivity index (χ0v) is 9.30. The van der Waals surface area contributed by atoms with Crippen LogP contribution in [0.4, 0.5) is 0 Å². The maximum absolute atomic E-state index is 11.3. The molecule has 0 aromatic carbocycles. The summed E-state index contributed by atoms with van der Waals surface area (Å²) in [4.78, 5) is 11.3. The van der Waals surface area contributed by atoms with Crippen molar-refractivity contribution in [2.75, 3.05) is 0 Å². The van der Waals surface area contributed by atoms with Crippen molar-refractivity contribution in [1.29, 1.82) is 0 Å². The SMILES string of the molecule is C=CCCCCCC1CCC(=O)C1C. The van der Waals surface area contributed by atoms with E-state index in [4.69, 9.17) is 0 Å². The van der Waals surface area contributed by atoms with Gasteiger partial charge in [-0.05, 0) is 31.6 Å². The number of unbranched alkanes of at least 4 members (excludes halogenated alkanes) is 3. The molecule has 14 heavy (non-hydrogen) atoms. The molecule has 0 spiro atoms. The van der Waals surface area contributed by atoms with E-state index in [1.54, 1.807) is 0 Å². The maximum atomic E-state index is 11.3. The van der Waals surface area contributed by atoms with Gasteiger partial charge in [0.15, 0.2) is 0 Å². The highest BCUT2D eigenvalue weighted by atomic mass is 16.1. The third kappa shape index (κ3) is 3.28. The smallest absolute Gasteiger partial charge is 0.135 e. The van der Waals surface area contributed by atoms with Crippen molar-refractivity contribution in [3.05, 3.63) is 12.7 Å². The van der Waals surface area contributed by atoms with E-state index in [1.807, 2.05) is 6.08 Å². The van der Waals surface area contributed by atoms with E-state index < -0.39 is 0 Å². The Morgan fingerprint density at radius 1 is 1.43 bits per heavy atom. The first-order valence-corrected chi connectivity index (χ1v) is 5.89. The maximum Gasteiger partial charge on any atom is 0.135 e. The van der Waals surface area contributed by atoms with Crippen LogP contribution in [0.3, 0.4) is 0 Å². The molecule has 0 aliphatic heterocycles. The van der Waals surface area contributed by atoms with Gasteiger partial charge >= 0.3 is 0 Å². The third-order valence-corrected chi connectivity index (χ3v) is 3.46. The van der Waals surface area contributed by atoms with Crippen LogP contribution in [0.25, 0.3) is 0 Å². The van der Waals surface area contributed by atoms with Crippen molar-refractivity contribution in [2.45, 2.75) is 51.9 Å². The molecule has 80 valence electrons. The monoisotopic (exact) mass is 194 g/mol. The molecule has 1 aliphatic carbocycles. The van der Waals surface area contributed by atoms with E-state index in [1.165, 1.54) is 25.7 Å². The zero-order chi connectivity index (χ0) is 10.4. The molecule has 0 N–H and O–H groups in total. The van der Waals surface area contributed by atoms with Gasteiger partial charge in [-0.15, -0.1) is 6.58 Å². The number of carbonyl (C=O) groups excluding carboxylic acids is 1. The lowest BCUT2D eigenvalue weighted by Crippen LogP contribution is -2.10. The molecule has 1 aliphatic rings. The second kappa shape index (κ2) is 6.00. The van der Waals surface area contributed by atoms with Crippen molar-refractivity contribution in [2.24, 2.45) is 11.8 Å². The first kappa shape index (κ1) is 11.5. The average Bonchev–Trinajstić information content (AvgIpc) is 2.49. The fraction of sp³-hybridized carbons (Fsp3) is 0.769. The minimum absolute atomic E-state index is 0.342. The number of carbonyl (C=O) groups is 1. The highest BCUT2D eigenvalue weighted by molar-refractivity contribution is 5.82. The molecule has 0 saturated heterocycles. The predicted octanol–water partition coefficient (Wildman–Crippen LogP) is 3.74. The summed E-state index contributed by atoms with van der Waals surface area (Å²) in [6.07, 6.45) is 10.2. The van der Waals surface area contributed by atoms with Gasteiger partial charge < -0.3 is 0 Å². The van der Waals surface area contributed by atoms with Gasteiger partial charge in [0.2, 0.25) is 0 Å². The summed E-state index contributed by atoms with van der Waals surface area (Å²) in [6, 6.07) is 0. The van der Waals surface area contributed by atoms with Gasteiger partial charge in [0.05, 0.1) is 0 Å². The van der Waals surface area contributed by atoms with Crippen LogP contribution in [0.15, 0.2) is 12.7 Å². The fourth-order valence-corrected chi connectivity index (χ4v) is 2.33. The molecule has 1 rings (SSSR count). The van der Waals surface area contributed by atoms with Gasteiger partial charge in [-0.1, -0.05) is 25.8 Å². The van der Waals surface area contributed by atoms with Crippen molar-refractivity contribution >= 4 is 5.78 Å². The molecule has 0 heterocycles. The molecule has 1 heteroatoms. The van der Waals surface area contributed by atoms with Gasteiger partial charge in [-0.2, -0.15) is 0 Å². The Hall–Kier alpha value is -0.590. The van der Waals surface area contributed by atoms with Gasteiger partial charge in [-0.3, -0.25) is 4.79 Å². The minimum Gasteiger partial charge on any atom is -0.299 e. The van der Waals surface area contributed by atoms with E-state index in [2.05, 4.69) is 13.5 Å². The van der Waals surface area contributed by atoms with Gasteiger partial charge in [-0.25, -0.2) is 0 Å². The summed E-state index contributed by atoms with van der Waals surface area (Å²) in [7, 11) is 0. The van der Waals surface area contributed by atoms with Crippen molar-refractivity contribution in [3.63, 3.8) is 0 Å². The highest BCUT2D eigenvalue weighted by Gasteiger charge is 2.29. The van der Waals surface area contributed by atoms with E-state index in [0.717, 1.165) is 19.3 Å². The fourth-order valence-electron chi connectivity index (χ4n) is 2.33. The second-order valence-corrected chi connectivity index (χ2v) is 4.48. The lowest BCUT2D eigenvalue weighted by molar-refractivity contribution is -0.120. The van der Waals surface area contributed by atoms with Crippen LogP contribution in [-0.2, 0) is 4.79 Å². The first-order chi connectivity index (χ1) is 6.75. The summed E-state index contributed by atoms with van der Waals surface area (Å²) in [5.41, 5.74) is 0. The van der Waals surface area contributed by atoms with E-state index in [0.29, 0.717) is 17.6 Å². The minimum atomic E-state index is 0.342. The van der Waals surface area contributed by atoms with E-state index >= 15 is 0 Å². The van der Waals surface area contributed by atoms with Crippen molar-refractivity contribution < 1.29 is 4.79 Å². The molecule has 1 fully saturated rings. The largest absolute Gasteiger partial charge is 0.299 e. The molecule has 0 aromatic rings. The first-order valence-electron chi connectivity index (χ1n) is 5.89.